The van der Waals surface area contributed by atoms with E-state index >= 15 is 0 Å². The number of hydrogen-bond donors (Lipinski definition) is 2. The summed E-state index contributed by atoms with van der Waals surface area (Å²) in [7, 11) is -2.82. The maximum atomic E-state index is 14.5. The van der Waals surface area contributed by atoms with E-state index in [2.05, 4.69) is 5.10 Å². The van der Waals surface area contributed by atoms with E-state index in [0.29, 0.717) is 34.4 Å². The zero-order valence-electron chi connectivity index (χ0n) is 22.1. The van der Waals surface area contributed by atoms with Crippen molar-refractivity contribution >= 4 is 36.4 Å². The first kappa shape index (κ1) is 25.6. The molecule has 39 heavy (non-hydrogen) atoms. The molecule has 1 saturated heterocycles. The second-order valence-corrected chi connectivity index (χ2v) is 15.0. The first-order valence-electron chi connectivity index (χ1n) is 13.2. The molecule has 0 saturated carbocycles. The van der Waals surface area contributed by atoms with Crippen LogP contribution in [-0.4, -0.2) is 46.6 Å². The highest BCUT2D eigenvalue weighted by atomic mass is 28.4. The number of aliphatic hydroxyl groups is 1. The van der Waals surface area contributed by atoms with Crippen molar-refractivity contribution in [3.05, 3.63) is 94.9 Å². The lowest BCUT2D eigenvalue weighted by Gasteiger charge is -2.32. The molecule has 4 atom stereocenters. The van der Waals surface area contributed by atoms with Crippen LogP contribution >= 0.6 is 0 Å². The van der Waals surface area contributed by atoms with Gasteiger partial charge in [0.15, 0.2) is 13.9 Å². The van der Waals surface area contributed by atoms with Crippen molar-refractivity contribution in [3.63, 3.8) is 0 Å². The molecule has 200 valence electrons. The lowest BCUT2D eigenvalue weighted by Crippen LogP contribution is -2.45. The van der Waals surface area contributed by atoms with Gasteiger partial charge in [0.1, 0.15) is 0 Å². The van der Waals surface area contributed by atoms with Crippen molar-refractivity contribution in [3.8, 4) is 5.69 Å². The Labute approximate surface area is 227 Å². The summed E-state index contributed by atoms with van der Waals surface area (Å²) in [6.45, 7) is 5.54. The molecule has 2 aliphatic rings. The molecule has 2 N–H and O–H groups in total. The molecule has 0 bridgehead atoms. The Balaban J connectivity index is 1.58. The number of anilines is 2. The van der Waals surface area contributed by atoms with Crippen molar-refractivity contribution in [1.29, 1.82) is 0 Å². The highest BCUT2D eigenvalue weighted by molar-refractivity contribution is 6.71. The smallest absolute Gasteiger partial charge is 0.279 e. The topological polar surface area (TPSA) is 105 Å². The summed E-state index contributed by atoms with van der Waals surface area (Å²) in [5, 5.41) is 15.6. The van der Waals surface area contributed by atoms with Crippen LogP contribution in [0.2, 0.25) is 18.6 Å². The Morgan fingerprint density at radius 1 is 1.00 bits per heavy atom. The molecule has 1 fully saturated rings. The van der Waals surface area contributed by atoms with Crippen LogP contribution in [0, 0.1) is 5.92 Å². The highest BCUT2D eigenvalue weighted by Crippen LogP contribution is 2.60. The number of aromatic nitrogens is 2. The normalized spacial score (nSPS) is 24.6. The molecule has 2 aliphatic heterocycles. The third-order valence-electron chi connectivity index (χ3n) is 8.24. The number of benzene rings is 3. The van der Waals surface area contributed by atoms with E-state index in [9.17, 15) is 19.5 Å². The maximum Gasteiger partial charge on any atom is 0.279 e. The van der Waals surface area contributed by atoms with Gasteiger partial charge in [-0.2, -0.15) is 9.78 Å². The number of rotatable bonds is 5. The van der Waals surface area contributed by atoms with Gasteiger partial charge in [-0.05, 0) is 55.9 Å². The van der Waals surface area contributed by atoms with Crippen LogP contribution in [0.3, 0.4) is 0 Å². The van der Waals surface area contributed by atoms with Gasteiger partial charge in [-0.15, -0.1) is 0 Å². The summed E-state index contributed by atoms with van der Waals surface area (Å²) in [5.74, 6) is -0.618. The van der Waals surface area contributed by atoms with E-state index < -0.39 is 20.0 Å². The quantitative estimate of drug-likeness (QED) is 0.366. The Morgan fingerprint density at radius 2 is 1.72 bits per heavy atom. The summed E-state index contributed by atoms with van der Waals surface area (Å²) >= 11 is 0. The van der Waals surface area contributed by atoms with Gasteiger partial charge in [0.2, 0.25) is 0 Å². The van der Waals surface area contributed by atoms with Crippen molar-refractivity contribution in [1.82, 2.24) is 9.78 Å². The molecular formula is C30H31N3O5Si. The Kier molecular flexibility index (Phi) is 6.07. The number of ether oxygens (including phenoxy) is 1. The van der Waals surface area contributed by atoms with Crippen LogP contribution in [0.15, 0.2) is 83.8 Å². The zero-order chi connectivity index (χ0) is 27.5. The SMILES string of the molecule is C[C@@H]1[C@@H]([Si](C)(C)O)[C@H](CCO)O[C@@]12C(=O)N(c1ccccc1)c1ccc(-n3ncc4ccccc4c3=O)cc12. The average Bonchev–Trinajstić information content (AvgIpc) is 3.35. The van der Waals surface area contributed by atoms with E-state index in [0.717, 1.165) is 5.39 Å². The third kappa shape index (κ3) is 3.80. The standard InChI is InChI=1S/C30H31N3O5Si/c1-19-27(39(2,3)37)26(15-16-34)38-30(19)24-17-22(33-28(35)23-12-8-7-9-20(23)18-31-33)13-14-25(24)32(29(30)36)21-10-5-4-6-11-21/h4-14,17-19,26-27,34,37H,15-16H2,1-3H3/t19-,26+,27-,30+/m1/s1. The Morgan fingerprint density at radius 3 is 2.44 bits per heavy atom. The summed E-state index contributed by atoms with van der Waals surface area (Å²) in [4.78, 5) is 40.9. The van der Waals surface area contributed by atoms with Crippen LogP contribution in [0.1, 0.15) is 18.9 Å². The minimum Gasteiger partial charge on any atom is -0.432 e. The van der Waals surface area contributed by atoms with E-state index in [4.69, 9.17) is 4.74 Å². The predicted molar refractivity (Wildman–Crippen MR) is 152 cm³/mol. The van der Waals surface area contributed by atoms with Crippen LogP contribution in [0.4, 0.5) is 11.4 Å². The Hall–Kier alpha value is -3.63. The number of aliphatic hydroxyl groups excluding tert-OH is 1. The van der Waals surface area contributed by atoms with Gasteiger partial charge in [-0.1, -0.05) is 43.3 Å². The summed E-state index contributed by atoms with van der Waals surface area (Å²) < 4.78 is 8.05. The molecule has 1 spiro atoms. The molecule has 9 heteroatoms. The first-order valence-corrected chi connectivity index (χ1v) is 16.2. The minimum atomic E-state index is -2.82. The zero-order valence-corrected chi connectivity index (χ0v) is 23.1. The van der Waals surface area contributed by atoms with Crippen molar-refractivity contribution in [2.75, 3.05) is 11.5 Å². The highest BCUT2D eigenvalue weighted by Gasteiger charge is 2.66. The molecule has 1 aromatic heterocycles. The van der Waals surface area contributed by atoms with Crippen molar-refractivity contribution < 1.29 is 19.4 Å². The number of carbonyl (C=O) groups is 1. The van der Waals surface area contributed by atoms with Crippen LogP contribution in [-0.2, 0) is 15.1 Å². The van der Waals surface area contributed by atoms with Crippen LogP contribution < -0.4 is 10.5 Å². The van der Waals surface area contributed by atoms with Crippen molar-refractivity contribution in [2.24, 2.45) is 5.92 Å². The number of carbonyl (C=O) groups excluding carboxylic acids is 1. The number of fused-ring (bicyclic) bond motifs is 3. The number of amides is 1. The van der Waals surface area contributed by atoms with Gasteiger partial charge in [0.25, 0.3) is 11.5 Å². The van der Waals surface area contributed by atoms with Gasteiger partial charge < -0.3 is 14.6 Å². The lowest BCUT2D eigenvalue weighted by atomic mass is 9.82. The minimum absolute atomic E-state index is 0.117. The third-order valence-corrected chi connectivity index (χ3v) is 10.7. The number of nitrogens with zero attached hydrogens (tertiary/aromatic N) is 3. The van der Waals surface area contributed by atoms with Gasteiger partial charge in [-0.3, -0.25) is 14.5 Å². The Bertz CT molecular complexity index is 1630. The summed E-state index contributed by atoms with van der Waals surface area (Å²) in [6, 6.07) is 22.1. The lowest BCUT2D eigenvalue weighted by molar-refractivity contribution is -0.145. The molecule has 0 aliphatic carbocycles. The average molecular weight is 542 g/mol. The molecule has 6 rings (SSSR count). The van der Waals surface area contributed by atoms with E-state index in [1.165, 1.54) is 4.68 Å². The van der Waals surface area contributed by atoms with Crippen LogP contribution in [0.5, 0.6) is 0 Å². The maximum absolute atomic E-state index is 14.5. The fourth-order valence-electron chi connectivity index (χ4n) is 6.63. The molecule has 3 aromatic carbocycles. The van der Waals surface area contributed by atoms with E-state index in [1.54, 1.807) is 23.2 Å². The largest absolute Gasteiger partial charge is 0.432 e. The second-order valence-electron chi connectivity index (χ2n) is 11.0. The van der Waals surface area contributed by atoms with Gasteiger partial charge in [0, 0.05) is 34.7 Å². The number of para-hydroxylation sites is 1. The van der Waals surface area contributed by atoms with E-state index in [-0.39, 0.29) is 29.5 Å². The summed E-state index contributed by atoms with van der Waals surface area (Å²) in [5.41, 5.74) is 0.578. The molecule has 0 unspecified atom stereocenters. The fraction of sp³-hybridized carbons (Fsp3) is 0.300. The monoisotopic (exact) mass is 541 g/mol. The molecule has 4 aromatic rings. The molecular weight excluding hydrogens is 510 g/mol. The van der Waals surface area contributed by atoms with Gasteiger partial charge in [-0.25, -0.2) is 0 Å². The van der Waals surface area contributed by atoms with Crippen molar-refractivity contribution in [2.45, 2.75) is 43.7 Å². The van der Waals surface area contributed by atoms with Gasteiger partial charge in [0.05, 0.1) is 29.1 Å². The first-order chi connectivity index (χ1) is 18.7. The summed E-state index contributed by atoms with van der Waals surface area (Å²) in [6.07, 6.45) is 1.48. The molecule has 3 heterocycles. The molecule has 8 nitrogen and oxygen atoms in total. The van der Waals surface area contributed by atoms with Gasteiger partial charge >= 0.3 is 0 Å². The molecule has 1 amide bonds. The number of hydrogen-bond acceptors (Lipinski definition) is 6. The molecule has 0 radical (unpaired) electrons. The fourth-order valence-corrected chi connectivity index (χ4v) is 9.23. The second kappa shape index (κ2) is 9.24. The predicted octanol–water partition coefficient (Wildman–Crippen LogP) is 4.24. The van der Waals surface area contributed by atoms with E-state index in [1.807, 2.05) is 80.7 Å². The van der Waals surface area contributed by atoms with Crippen LogP contribution in [0.25, 0.3) is 16.5 Å².